The molecule has 8 heteroatoms. The Balaban J connectivity index is 1.69. The number of hydrogen-bond donors (Lipinski definition) is 2. The molecule has 2 aromatic heterocycles. The first-order valence-electron chi connectivity index (χ1n) is 7.84. The van der Waals surface area contributed by atoms with Gasteiger partial charge in [-0.1, -0.05) is 6.07 Å². The highest BCUT2D eigenvalue weighted by Crippen LogP contribution is 2.20. The largest absolute Gasteiger partial charge is 0.395 e. The molecule has 0 aliphatic carbocycles. The summed E-state index contributed by atoms with van der Waals surface area (Å²) in [6.07, 6.45) is 2.44. The van der Waals surface area contributed by atoms with Crippen molar-refractivity contribution in [2.24, 2.45) is 0 Å². The number of amides is 1. The summed E-state index contributed by atoms with van der Waals surface area (Å²) in [6.45, 7) is 2.39. The van der Waals surface area contributed by atoms with E-state index < -0.39 is 6.10 Å². The highest BCUT2D eigenvalue weighted by atomic mass is 32.1. The molecule has 1 aliphatic rings. The Morgan fingerprint density at radius 3 is 2.75 bits per heavy atom. The van der Waals surface area contributed by atoms with E-state index in [9.17, 15) is 9.90 Å². The second-order valence-corrected chi connectivity index (χ2v) is 6.65. The summed E-state index contributed by atoms with van der Waals surface area (Å²) in [4.78, 5) is 25.7. The summed E-state index contributed by atoms with van der Waals surface area (Å²) in [6, 6.07) is 3.86. The van der Waals surface area contributed by atoms with Crippen LogP contribution in [0.4, 0.5) is 0 Å². The molecule has 2 N–H and O–H groups in total. The number of aliphatic hydroxyl groups excluding tert-OH is 2. The van der Waals surface area contributed by atoms with E-state index in [0.717, 1.165) is 4.88 Å². The molecule has 7 nitrogen and oxygen atoms in total. The monoisotopic (exact) mass is 348 g/mol. The van der Waals surface area contributed by atoms with Crippen molar-refractivity contribution in [2.75, 3.05) is 39.3 Å². The summed E-state index contributed by atoms with van der Waals surface area (Å²) in [5.41, 5.74) is 0.415. The third kappa shape index (κ3) is 3.96. The number of aliphatic hydroxyl groups is 2. The molecule has 1 aliphatic heterocycles. The summed E-state index contributed by atoms with van der Waals surface area (Å²) in [5, 5.41) is 21.1. The minimum atomic E-state index is -0.630. The van der Waals surface area contributed by atoms with E-state index >= 15 is 0 Å². The zero-order valence-corrected chi connectivity index (χ0v) is 14.0. The van der Waals surface area contributed by atoms with Gasteiger partial charge in [0.2, 0.25) is 0 Å². The number of β-amino-alcohol motifs (C(OH)–C–C–N with tert-alkyl or cyclic N) is 2. The summed E-state index contributed by atoms with van der Waals surface area (Å²) < 4.78 is 0. The summed E-state index contributed by atoms with van der Waals surface area (Å²) >= 11 is 1.55. The van der Waals surface area contributed by atoms with Crippen molar-refractivity contribution in [1.82, 2.24) is 19.8 Å². The van der Waals surface area contributed by atoms with Crippen LogP contribution in [0.15, 0.2) is 29.9 Å². The molecule has 24 heavy (non-hydrogen) atoms. The molecular formula is C16H20N4O3S. The van der Waals surface area contributed by atoms with Crippen molar-refractivity contribution in [1.29, 1.82) is 0 Å². The molecule has 2 aromatic rings. The Morgan fingerprint density at radius 1 is 1.29 bits per heavy atom. The second kappa shape index (κ2) is 7.80. The van der Waals surface area contributed by atoms with Crippen molar-refractivity contribution in [3.8, 4) is 10.7 Å². The van der Waals surface area contributed by atoms with Gasteiger partial charge in [0, 0.05) is 45.1 Å². The van der Waals surface area contributed by atoms with Gasteiger partial charge in [-0.25, -0.2) is 9.97 Å². The average Bonchev–Trinajstić information content (AvgIpc) is 3.06. The molecule has 0 spiro atoms. The lowest BCUT2D eigenvalue weighted by molar-refractivity contribution is 0.0660. The van der Waals surface area contributed by atoms with Crippen LogP contribution in [0.5, 0.6) is 0 Å². The van der Waals surface area contributed by atoms with Crippen LogP contribution in [-0.2, 0) is 0 Å². The topological polar surface area (TPSA) is 89.8 Å². The highest BCUT2D eigenvalue weighted by molar-refractivity contribution is 7.13. The smallest absolute Gasteiger partial charge is 0.257 e. The Hall–Kier alpha value is -1.87. The van der Waals surface area contributed by atoms with Crippen LogP contribution in [0.1, 0.15) is 10.4 Å². The van der Waals surface area contributed by atoms with Crippen LogP contribution >= 0.6 is 11.3 Å². The number of nitrogens with zero attached hydrogens (tertiary/aromatic N) is 4. The third-order valence-electron chi connectivity index (χ3n) is 3.93. The highest BCUT2D eigenvalue weighted by Gasteiger charge is 2.25. The molecule has 3 rings (SSSR count). The van der Waals surface area contributed by atoms with Crippen LogP contribution in [0.2, 0.25) is 0 Å². The minimum Gasteiger partial charge on any atom is -0.395 e. The maximum absolute atomic E-state index is 12.6. The molecule has 0 aromatic carbocycles. The molecule has 0 unspecified atom stereocenters. The van der Waals surface area contributed by atoms with Gasteiger partial charge in [0.1, 0.15) is 0 Å². The van der Waals surface area contributed by atoms with E-state index in [2.05, 4.69) is 9.97 Å². The fourth-order valence-electron chi connectivity index (χ4n) is 2.74. The third-order valence-corrected chi connectivity index (χ3v) is 4.80. The van der Waals surface area contributed by atoms with Gasteiger partial charge >= 0.3 is 0 Å². The lowest BCUT2D eigenvalue weighted by Gasteiger charge is -2.21. The first-order valence-corrected chi connectivity index (χ1v) is 8.72. The molecule has 128 valence electrons. The van der Waals surface area contributed by atoms with E-state index in [1.54, 1.807) is 16.2 Å². The predicted octanol–water partition coefficient (Wildman–Crippen LogP) is 0.316. The second-order valence-electron chi connectivity index (χ2n) is 5.70. The number of aromatic nitrogens is 2. The van der Waals surface area contributed by atoms with Crippen molar-refractivity contribution in [3.63, 3.8) is 0 Å². The molecular weight excluding hydrogens is 328 g/mol. The van der Waals surface area contributed by atoms with E-state index in [1.807, 2.05) is 22.4 Å². The molecule has 0 saturated carbocycles. The van der Waals surface area contributed by atoms with Crippen molar-refractivity contribution in [2.45, 2.75) is 6.10 Å². The van der Waals surface area contributed by atoms with Crippen molar-refractivity contribution >= 4 is 17.2 Å². The lowest BCUT2D eigenvalue weighted by atomic mass is 10.2. The van der Waals surface area contributed by atoms with Crippen LogP contribution in [0.3, 0.4) is 0 Å². The predicted molar refractivity (Wildman–Crippen MR) is 90.8 cm³/mol. The Bertz CT molecular complexity index is 662. The maximum Gasteiger partial charge on any atom is 0.257 e. The SMILES string of the molecule is O=C(c1cnc(-c2cccs2)nc1)N1CCN(CCO)C[C@H](O)C1. The van der Waals surface area contributed by atoms with Gasteiger partial charge in [0.05, 0.1) is 23.2 Å². The maximum atomic E-state index is 12.6. The fourth-order valence-corrected chi connectivity index (χ4v) is 3.41. The van der Waals surface area contributed by atoms with E-state index in [1.165, 1.54) is 12.4 Å². The number of carbonyl (C=O) groups excluding carboxylic acids is 1. The average molecular weight is 348 g/mol. The zero-order valence-electron chi connectivity index (χ0n) is 13.2. The van der Waals surface area contributed by atoms with Gasteiger partial charge in [0.15, 0.2) is 5.82 Å². The first-order chi connectivity index (χ1) is 11.7. The van der Waals surface area contributed by atoms with Crippen molar-refractivity contribution < 1.29 is 15.0 Å². The van der Waals surface area contributed by atoms with Gasteiger partial charge in [-0.05, 0) is 11.4 Å². The minimum absolute atomic E-state index is 0.0404. The van der Waals surface area contributed by atoms with E-state index in [4.69, 9.17) is 5.11 Å². The van der Waals surface area contributed by atoms with Crippen LogP contribution in [0, 0.1) is 0 Å². The number of hydrogen-bond acceptors (Lipinski definition) is 7. The molecule has 1 amide bonds. The van der Waals surface area contributed by atoms with Gasteiger partial charge in [0.25, 0.3) is 5.91 Å². The summed E-state index contributed by atoms with van der Waals surface area (Å²) in [5.74, 6) is 0.421. The van der Waals surface area contributed by atoms with Gasteiger partial charge in [-0.15, -0.1) is 11.3 Å². The van der Waals surface area contributed by atoms with Crippen LogP contribution < -0.4 is 0 Å². The molecule has 3 heterocycles. The molecule has 1 fully saturated rings. The van der Waals surface area contributed by atoms with Gasteiger partial charge in [-0.2, -0.15) is 0 Å². The fraction of sp³-hybridized carbons (Fsp3) is 0.438. The van der Waals surface area contributed by atoms with E-state index in [-0.39, 0.29) is 19.1 Å². The molecule has 1 atom stereocenters. The van der Waals surface area contributed by atoms with Crippen molar-refractivity contribution in [3.05, 3.63) is 35.5 Å². The lowest BCUT2D eigenvalue weighted by Crippen LogP contribution is -2.37. The zero-order chi connectivity index (χ0) is 16.9. The molecule has 0 radical (unpaired) electrons. The molecule has 1 saturated heterocycles. The number of rotatable bonds is 4. The first kappa shape index (κ1) is 17.0. The quantitative estimate of drug-likeness (QED) is 0.827. The Labute approximate surface area is 144 Å². The Morgan fingerprint density at radius 2 is 2.08 bits per heavy atom. The van der Waals surface area contributed by atoms with Gasteiger partial charge < -0.3 is 15.1 Å². The van der Waals surface area contributed by atoms with Gasteiger partial charge in [-0.3, -0.25) is 9.69 Å². The normalized spacial score (nSPS) is 19.2. The standard InChI is InChI=1S/C16H20N4O3S/c21-6-5-19-3-4-20(11-13(22)10-19)16(23)12-8-17-15(18-9-12)14-2-1-7-24-14/h1-2,7-9,13,21-22H,3-6,10-11H2/t13-/m0/s1. The van der Waals surface area contributed by atoms with E-state index in [0.29, 0.717) is 37.6 Å². The molecule has 0 bridgehead atoms. The van der Waals surface area contributed by atoms with Crippen LogP contribution in [-0.4, -0.2) is 81.3 Å². The number of carbonyl (C=O) groups is 1. The number of thiophene rings is 1. The van der Waals surface area contributed by atoms with Crippen LogP contribution in [0.25, 0.3) is 10.7 Å². The Kier molecular flexibility index (Phi) is 5.52. The summed E-state index contributed by atoms with van der Waals surface area (Å²) in [7, 11) is 0.